The van der Waals surface area contributed by atoms with Crippen molar-refractivity contribution in [1.82, 2.24) is 10.2 Å². The molecule has 24 heavy (non-hydrogen) atoms. The van der Waals surface area contributed by atoms with Gasteiger partial charge in [0.25, 0.3) is 0 Å². The molecular weight excluding hydrogens is 362 g/mol. The second kappa shape index (κ2) is 8.77. The van der Waals surface area contributed by atoms with Crippen molar-refractivity contribution in [3.63, 3.8) is 0 Å². The maximum atomic E-state index is 13.8. The molecule has 0 saturated carbocycles. The first kappa shape index (κ1) is 20.9. The van der Waals surface area contributed by atoms with Crippen LogP contribution in [0.25, 0.3) is 0 Å². The molecule has 138 valence electrons. The molecule has 0 spiro atoms. The number of hydrogen-bond acceptors (Lipinski definition) is 3. The predicted molar refractivity (Wildman–Crippen MR) is 78.1 cm³/mol. The first-order chi connectivity index (χ1) is 10.8. The standard InChI is InChI=1S/C14H16F6N2O.ClH/c15-10-7-9(1-2-12(10)23-14(18,19)20)11(8-13(16)17)22-5-3-21-4-6-22;/h1-2,7,11,13,21H,3-6,8H2;1H/t11-;/m0./s1. The lowest BCUT2D eigenvalue weighted by Crippen LogP contribution is -2.45. The minimum Gasteiger partial charge on any atom is -0.403 e. The first-order valence-corrected chi connectivity index (χ1v) is 7.04. The van der Waals surface area contributed by atoms with Crippen LogP contribution in [-0.2, 0) is 0 Å². The minimum atomic E-state index is -5.01. The number of nitrogens with one attached hydrogen (secondary N) is 1. The highest BCUT2D eigenvalue weighted by atomic mass is 35.5. The number of piperazine rings is 1. The molecule has 0 aliphatic carbocycles. The largest absolute Gasteiger partial charge is 0.573 e. The monoisotopic (exact) mass is 378 g/mol. The molecule has 1 aliphatic rings. The van der Waals surface area contributed by atoms with E-state index in [1.165, 1.54) is 6.07 Å². The second-order valence-corrected chi connectivity index (χ2v) is 5.17. The second-order valence-electron chi connectivity index (χ2n) is 5.17. The number of nitrogens with zero attached hydrogens (tertiary/aromatic N) is 1. The first-order valence-electron chi connectivity index (χ1n) is 7.04. The number of ether oxygens (including phenoxy) is 1. The number of rotatable bonds is 5. The highest BCUT2D eigenvalue weighted by Crippen LogP contribution is 2.32. The smallest absolute Gasteiger partial charge is 0.403 e. The molecule has 1 fully saturated rings. The van der Waals surface area contributed by atoms with Gasteiger partial charge in [0.15, 0.2) is 11.6 Å². The van der Waals surface area contributed by atoms with Crippen molar-refractivity contribution in [3.05, 3.63) is 29.6 Å². The van der Waals surface area contributed by atoms with Crippen LogP contribution in [0.5, 0.6) is 5.75 Å². The summed E-state index contributed by atoms with van der Waals surface area (Å²) < 4.78 is 79.4. The topological polar surface area (TPSA) is 24.5 Å². The molecular formula is C14H17ClF6N2O. The molecule has 1 aliphatic heterocycles. The molecule has 2 rings (SSSR count). The lowest BCUT2D eigenvalue weighted by Gasteiger charge is -2.35. The normalized spacial score (nSPS) is 17.5. The van der Waals surface area contributed by atoms with E-state index in [0.717, 1.165) is 12.1 Å². The molecule has 0 bridgehead atoms. The fourth-order valence-corrected chi connectivity index (χ4v) is 2.59. The molecule has 0 unspecified atom stereocenters. The molecule has 1 heterocycles. The average molecular weight is 379 g/mol. The van der Waals surface area contributed by atoms with E-state index in [1.54, 1.807) is 4.90 Å². The van der Waals surface area contributed by atoms with E-state index in [0.29, 0.717) is 26.2 Å². The van der Waals surface area contributed by atoms with Crippen LogP contribution < -0.4 is 10.1 Å². The maximum absolute atomic E-state index is 13.8. The lowest BCUT2D eigenvalue weighted by atomic mass is 10.0. The van der Waals surface area contributed by atoms with Gasteiger partial charge in [0.1, 0.15) is 0 Å². The molecule has 10 heteroatoms. The molecule has 0 amide bonds. The SMILES string of the molecule is Cl.Fc1cc([C@H](CC(F)F)N2CCNCC2)ccc1OC(F)(F)F. The van der Waals surface area contributed by atoms with Gasteiger partial charge >= 0.3 is 6.36 Å². The van der Waals surface area contributed by atoms with Gasteiger partial charge < -0.3 is 10.1 Å². The number of halogens is 7. The van der Waals surface area contributed by atoms with E-state index < -0.39 is 36.8 Å². The maximum Gasteiger partial charge on any atom is 0.573 e. The van der Waals surface area contributed by atoms with Crippen LogP contribution in [0.1, 0.15) is 18.0 Å². The summed E-state index contributed by atoms with van der Waals surface area (Å²) in [4.78, 5) is 1.77. The van der Waals surface area contributed by atoms with Crippen LogP contribution in [0.3, 0.4) is 0 Å². The van der Waals surface area contributed by atoms with Crippen molar-refractivity contribution >= 4 is 12.4 Å². The van der Waals surface area contributed by atoms with Gasteiger partial charge in [-0.05, 0) is 17.7 Å². The molecule has 1 N–H and O–H groups in total. The third-order valence-electron chi connectivity index (χ3n) is 3.56. The third-order valence-corrected chi connectivity index (χ3v) is 3.56. The Hall–Kier alpha value is -1.19. The van der Waals surface area contributed by atoms with Gasteiger partial charge in [-0.15, -0.1) is 25.6 Å². The van der Waals surface area contributed by atoms with Crippen molar-refractivity contribution in [3.8, 4) is 5.75 Å². The van der Waals surface area contributed by atoms with E-state index in [9.17, 15) is 26.3 Å². The lowest BCUT2D eigenvalue weighted by molar-refractivity contribution is -0.275. The fourth-order valence-electron chi connectivity index (χ4n) is 2.59. The van der Waals surface area contributed by atoms with E-state index in [-0.39, 0.29) is 18.0 Å². The Labute approximate surface area is 141 Å². The van der Waals surface area contributed by atoms with Crippen LogP contribution >= 0.6 is 12.4 Å². The van der Waals surface area contributed by atoms with Gasteiger partial charge in [0, 0.05) is 38.6 Å². The van der Waals surface area contributed by atoms with Gasteiger partial charge in [-0.25, -0.2) is 13.2 Å². The number of alkyl halides is 5. The molecule has 3 nitrogen and oxygen atoms in total. The van der Waals surface area contributed by atoms with Crippen molar-refractivity contribution < 1.29 is 31.1 Å². The quantitative estimate of drug-likeness (QED) is 0.790. The highest BCUT2D eigenvalue weighted by molar-refractivity contribution is 5.85. The van der Waals surface area contributed by atoms with Gasteiger partial charge in [-0.1, -0.05) is 6.07 Å². The number of hydrogen-bond donors (Lipinski definition) is 1. The summed E-state index contributed by atoms with van der Waals surface area (Å²) in [6.45, 7) is 2.22. The summed E-state index contributed by atoms with van der Waals surface area (Å²) in [6.07, 6.45) is -8.13. The minimum absolute atomic E-state index is 0. The zero-order valence-corrected chi connectivity index (χ0v) is 13.3. The average Bonchev–Trinajstić information content (AvgIpc) is 2.46. The Morgan fingerprint density at radius 1 is 1.17 bits per heavy atom. The van der Waals surface area contributed by atoms with Gasteiger partial charge in [-0.3, -0.25) is 4.90 Å². The summed E-state index contributed by atoms with van der Waals surface area (Å²) >= 11 is 0. The van der Waals surface area contributed by atoms with Gasteiger partial charge in [0.2, 0.25) is 6.43 Å². The van der Waals surface area contributed by atoms with Crippen molar-refractivity contribution in [1.29, 1.82) is 0 Å². The van der Waals surface area contributed by atoms with E-state index >= 15 is 0 Å². The van der Waals surface area contributed by atoms with E-state index in [1.807, 2.05) is 0 Å². The summed E-state index contributed by atoms with van der Waals surface area (Å²) in [5.41, 5.74) is 0.208. The molecule has 0 aromatic heterocycles. The zero-order chi connectivity index (χ0) is 17.0. The number of benzene rings is 1. The molecule has 0 radical (unpaired) electrons. The summed E-state index contributed by atoms with van der Waals surface area (Å²) in [6, 6.07) is 2.08. The van der Waals surface area contributed by atoms with Crippen LogP contribution in [0, 0.1) is 5.82 Å². The molecule has 1 saturated heterocycles. The van der Waals surface area contributed by atoms with Crippen LogP contribution in [0.4, 0.5) is 26.3 Å². The zero-order valence-electron chi connectivity index (χ0n) is 12.5. The predicted octanol–water partition coefficient (Wildman–Crippen LogP) is 3.75. The van der Waals surface area contributed by atoms with Crippen molar-refractivity contribution in [2.75, 3.05) is 26.2 Å². The van der Waals surface area contributed by atoms with Crippen LogP contribution in [0.15, 0.2) is 18.2 Å². The molecule has 1 aromatic rings. The van der Waals surface area contributed by atoms with Crippen molar-refractivity contribution in [2.45, 2.75) is 25.3 Å². The van der Waals surface area contributed by atoms with Crippen molar-refractivity contribution in [2.24, 2.45) is 0 Å². The summed E-state index contributed by atoms with van der Waals surface area (Å²) in [7, 11) is 0. The van der Waals surface area contributed by atoms with Crippen LogP contribution in [0.2, 0.25) is 0 Å². The summed E-state index contributed by atoms with van der Waals surface area (Å²) in [5, 5.41) is 3.07. The molecule has 1 aromatic carbocycles. The highest BCUT2D eigenvalue weighted by Gasteiger charge is 2.33. The Kier molecular flexibility index (Phi) is 7.62. The van der Waals surface area contributed by atoms with Crippen LogP contribution in [-0.4, -0.2) is 43.9 Å². The third kappa shape index (κ3) is 6.03. The van der Waals surface area contributed by atoms with Gasteiger partial charge in [0.05, 0.1) is 0 Å². The van der Waals surface area contributed by atoms with E-state index in [4.69, 9.17) is 0 Å². The Morgan fingerprint density at radius 2 is 1.79 bits per heavy atom. The molecule has 1 atom stereocenters. The van der Waals surface area contributed by atoms with E-state index in [2.05, 4.69) is 10.1 Å². The fraction of sp³-hybridized carbons (Fsp3) is 0.571. The summed E-state index contributed by atoms with van der Waals surface area (Å²) in [5.74, 6) is -2.20. The Bertz CT molecular complexity index is 522. The Balaban J connectivity index is 0.00000288. The Morgan fingerprint density at radius 3 is 2.29 bits per heavy atom. The van der Waals surface area contributed by atoms with Gasteiger partial charge in [-0.2, -0.15) is 0 Å².